The third-order valence-corrected chi connectivity index (χ3v) is 3.95. The zero-order valence-corrected chi connectivity index (χ0v) is 14.4. The predicted octanol–water partition coefficient (Wildman–Crippen LogP) is 5.17. The lowest BCUT2D eigenvalue weighted by atomic mass is 10.0. The van der Waals surface area contributed by atoms with Crippen molar-refractivity contribution in [3.63, 3.8) is 0 Å². The molecule has 0 saturated heterocycles. The molecule has 0 atom stereocenters. The highest BCUT2D eigenvalue weighted by Crippen LogP contribution is 2.32. The average Bonchev–Trinajstić information content (AvgIpc) is 2.69. The van der Waals surface area contributed by atoms with Crippen LogP contribution in [0.25, 0.3) is 11.3 Å². The van der Waals surface area contributed by atoms with Gasteiger partial charge in [-0.1, -0.05) is 18.2 Å². The topological polar surface area (TPSA) is 65.8 Å². The molecule has 3 aromatic rings. The molecule has 0 aliphatic carbocycles. The lowest BCUT2D eigenvalue weighted by Crippen LogP contribution is -2.14. The number of halogens is 5. The molecule has 146 valence electrons. The molecule has 9 heteroatoms. The lowest BCUT2D eigenvalue weighted by molar-refractivity contribution is -0.137. The lowest BCUT2D eigenvalue weighted by Gasteiger charge is -2.10. The molecule has 4 nitrogen and oxygen atoms in total. The fraction of sp³-hybridized carbons (Fsp3) is 0.0500. The number of carbonyl (C=O) groups is 1. The number of pyridine rings is 1. The number of aromatic nitrogens is 1. The Morgan fingerprint density at radius 3 is 2.38 bits per heavy atom. The van der Waals surface area contributed by atoms with E-state index in [0.717, 1.165) is 12.1 Å². The van der Waals surface area contributed by atoms with E-state index < -0.39 is 34.8 Å². The minimum atomic E-state index is -4.63. The number of hydrogen-bond donors (Lipinski definition) is 1. The Kier molecular flexibility index (Phi) is 5.28. The van der Waals surface area contributed by atoms with Gasteiger partial charge in [-0.25, -0.2) is 8.78 Å². The summed E-state index contributed by atoms with van der Waals surface area (Å²) < 4.78 is 65.2. The van der Waals surface area contributed by atoms with Gasteiger partial charge in [-0.2, -0.15) is 18.4 Å². The molecule has 0 radical (unpaired) electrons. The molecule has 0 saturated carbocycles. The maximum atomic E-state index is 13.7. The Bertz CT molecular complexity index is 1120. The van der Waals surface area contributed by atoms with E-state index in [4.69, 9.17) is 5.26 Å². The van der Waals surface area contributed by atoms with E-state index in [1.54, 1.807) is 6.07 Å². The molecule has 0 spiro atoms. The van der Waals surface area contributed by atoms with E-state index in [2.05, 4.69) is 10.3 Å². The predicted molar refractivity (Wildman–Crippen MR) is 93.7 cm³/mol. The quantitative estimate of drug-likeness (QED) is 0.614. The molecule has 0 aliphatic rings. The summed E-state index contributed by atoms with van der Waals surface area (Å²) in [4.78, 5) is 15.8. The smallest absolute Gasteiger partial charge is 0.322 e. The van der Waals surface area contributed by atoms with Crippen LogP contribution in [0.1, 0.15) is 21.5 Å². The molecule has 0 aliphatic heterocycles. The summed E-state index contributed by atoms with van der Waals surface area (Å²) in [5, 5.41) is 11.5. The number of hydrogen-bond acceptors (Lipinski definition) is 3. The minimum absolute atomic E-state index is 0.0366. The van der Waals surface area contributed by atoms with Crippen LogP contribution in [0, 0.1) is 23.0 Å². The highest BCUT2D eigenvalue weighted by molar-refractivity contribution is 6.04. The molecule has 0 unspecified atom stereocenters. The molecule has 2 aromatic carbocycles. The molecule has 0 fully saturated rings. The van der Waals surface area contributed by atoms with Gasteiger partial charge >= 0.3 is 6.18 Å². The summed E-state index contributed by atoms with van der Waals surface area (Å²) in [6.45, 7) is 0. The molecule has 29 heavy (non-hydrogen) atoms. The maximum absolute atomic E-state index is 13.7. The van der Waals surface area contributed by atoms with Crippen LogP contribution in [-0.2, 0) is 6.18 Å². The monoisotopic (exact) mass is 403 g/mol. The van der Waals surface area contributed by atoms with Crippen LogP contribution in [0.5, 0.6) is 0 Å². The molecular formula is C20H10F5N3O. The Balaban J connectivity index is 1.85. The highest BCUT2D eigenvalue weighted by Gasteiger charge is 2.31. The van der Waals surface area contributed by atoms with Crippen molar-refractivity contribution in [2.24, 2.45) is 0 Å². The standard InChI is InChI=1S/C20H10F5N3O/c21-16-3-1-2-15(17(16)22)19(29)28-14-6-4-11(5-7-14)18-12(9-26)8-13(10-27-18)20(23,24)25/h1-8,10H,(H,28,29). The first-order chi connectivity index (χ1) is 13.7. The van der Waals surface area contributed by atoms with Crippen LogP contribution in [0.3, 0.4) is 0 Å². The number of carbonyl (C=O) groups excluding carboxylic acids is 1. The van der Waals surface area contributed by atoms with Crippen LogP contribution in [0.4, 0.5) is 27.6 Å². The Morgan fingerprint density at radius 1 is 1.07 bits per heavy atom. The molecule has 3 rings (SSSR count). The normalized spacial score (nSPS) is 11.0. The number of nitrogens with one attached hydrogen (secondary N) is 1. The number of nitriles is 1. The first-order valence-corrected chi connectivity index (χ1v) is 8.04. The number of anilines is 1. The van der Waals surface area contributed by atoms with E-state index in [1.807, 2.05) is 0 Å². The number of nitrogens with zero attached hydrogens (tertiary/aromatic N) is 2. The van der Waals surface area contributed by atoms with E-state index in [-0.39, 0.29) is 16.9 Å². The second kappa shape index (κ2) is 7.67. The van der Waals surface area contributed by atoms with Crippen molar-refractivity contribution in [2.45, 2.75) is 6.18 Å². The van der Waals surface area contributed by atoms with E-state index in [1.165, 1.54) is 30.3 Å². The number of amides is 1. The van der Waals surface area contributed by atoms with Gasteiger partial charge in [0.1, 0.15) is 6.07 Å². The fourth-order valence-electron chi connectivity index (χ4n) is 2.52. The zero-order valence-electron chi connectivity index (χ0n) is 14.4. The van der Waals surface area contributed by atoms with Crippen LogP contribution in [0.2, 0.25) is 0 Å². The summed E-state index contributed by atoms with van der Waals surface area (Å²) >= 11 is 0. The summed E-state index contributed by atoms with van der Waals surface area (Å²) in [5.74, 6) is -3.32. The van der Waals surface area contributed by atoms with Crippen molar-refractivity contribution in [3.05, 3.63) is 83.1 Å². The second-order valence-electron chi connectivity index (χ2n) is 5.86. The van der Waals surface area contributed by atoms with Crippen LogP contribution < -0.4 is 5.32 Å². The van der Waals surface area contributed by atoms with Crippen molar-refractivity contribution >= 4 is 11.6 Å². The van der Waals surface area contributed by atoms with E-state index in [9.17, 15) is 26.7 Å². The minimum Gasteiger partial charge on any atom is -0.322 e. The third kappa shape index (κ3) is 4.21. The molecule has 1 heterocycles. The molecular weight excluding hydrogens is 393 g/mol. The van der Waals surface area contributed by atoms with E-state index in [0.29, 0.717) is 17.8 Å². The summed E-state index contributed by atoms with van der Waals surface area (Å²) in [6.07, 6.45) is -4.00. The van der Waals surface area contributed by atoms with Gasteiger partial charge in [-0.05, 0) is 30.3 Å². The van der Waals surface area contributed by atoms with Gasteiger partial charge in [0.15, 0.2) is 11.6 Å². The largest absolute Gasteiger partial charge is 0.417 e. The number of alkyl halides is 3. The zero-order chi connectivity index (χ0) is 21.2. The van der Waals surface area contributed by atoms with Gasteiger partial charge in [-0.3, -0.25) is 9.78 Å². The van der Waals surface area contributed by atoms with Crippen molar-refractivity contribution in [1.29, 1.82) is 5.26 Å². The molecule has 1 aromatic heterocycles. The second-order valence-corrected chi connectivity index (χ2v) is 5.86. The fourth-order valence-corrected chi connectivity index (χ4v) is 2.52. The van der Waals surface area contributed by atoms with Crippen LogP contribution in [0.15, 0.2) is 54.7 Å². The van der Waals surface area contributed by atoms with Gasteiger partial charge in [-0.15, -0.1) is 0 Å². The number of benzene rings is 2. The van der Waals surface area contributed by atoms with Gasteiger partial charge in [0, 0.05) is 17.4 Å². The van der Waals surface area contributed by atoms with Crippen LogP contribution >= 0.6 is 0 Å². The van der Waals surface area contributed by atoms with E-state index >= 15 is 0 Å². The van der Waals surface area contributed by atoms with Crippen molar-refractivity contribution in [1.82, 2.24) is 4.98 Å². The van der Waals surface area contributed by atoms with Crippen LogP contribution in [-0.4, -0.2) is 10.9 Å². The maximum Gasteiger partial charge on any atom is 0.417 e. The first kappa shape index (κ1) is 19.9. The summed E-state index contributed by atoms with van der Waals surface area (Å²) in [7, 11) is 0. The van der Waals surface area contributed by atoms with Gasteiger partial charge in [0.05, 0.1) is 22.4 Å². The Hall–Kier alpha value is -3.80. The van der Waals surface area contributed by atoms with Crippen molar-refractivity contribution in [2.75, 3.05) is 5.32 Å². The Morgan fingerprint density at radius 2 is 1.76 bits per heavy atom. The van der Waals surface area contributed by atoms with Crippen molar-refractivity contribution in [3.8, 4) is 17.3 Å². The SMILES string of the molecule is N#Cc1cc(C(F)(F)F)cnc1-c1ccc(NC(=O)c2cccc(F)c2F)cc1. The first-order valence-electron chi connectivity index (χ1n) is 8.04. The molecule has 1 amide bonds. The molecule has 1 N–H and O–H groups in total. The van der Waals surface area contributed by atoms with Gasteiger partial charge in [0.25, 0.3) is 5.91 Å². The number of rotatable bonds is 3. The summed E-state index contributed by atoms with van der Waals surface area (Å²) in [5.41, 5.74) is -1.19. The Labute approximate surface area is 161 Å². The van der Waals surface area contributed by atoms with Gasteiger partial charge < -0.3 is 5.32 Å². The van der Waals surface area contributed by atoms with Gasteiger partial charge in [0.2, 0.25) is 0 Å². The summed E-state index contributed by atoms with van der Waals surface area (Å²) in [6, 6.07) is 11.2. The molecule has 0 bridgehead atoms. The third-order valence-electron chi connectivity index (χ3n) is 3.95. The van der Waals surface area contributed by atoms with Crippen molar-refractivity contribution < 1.29 is 26.7 Å². The highest BCUT2D eigenvalue weighted by atomic mass is 19.4. The average molecular weight is 403 g/mol.